The van der Waals surface area contributed by atoms with E-state index in [2.05, 4.69) is 33.9 Å². The summed E-state index contributed by atoms with van der Waals surface area (Å²) in [4.78, 5) is 5.77. The fraction of sp³-hybridized carbons (Fsp3) is 0.235. The Morgan fingerprint density at radius 3 is 2.91 bits per heavy atom. The second kappa shape index (κ2) is 7.09. The Morgan fingerprint density at radius 2 is 2.14 bits per heavy atom. The maximum absolute atomic E-state index is 6.29. The molecule has 0 amide bonds. The molecule has 0 radical (unpaired) electrons. The van der Waals surface area contributed by atoms with Gasteiger partial charge in [-0.2, -0.15) is 0 Å². The van der Waals surface area contributed by atoms with Crippen molar-refractivity contribution < 1.29 is 4.74 Å². The molecule has 5 heteroatoms. The maximum Gasteiger partial charge on any atom is 0.134 e. The van der Waals surface area contributed by atoms with Crippen molar-refractivity contribution in [2.45, 2.75) is 20.0 Å². The van der Waals surface area contributed by atoms with Crippen molar-refractivity contribution in [1.82, 2.24) is 10.3 Å². The summed E-state index contributed by atoms with van der Waals surface area (Å²) < 4.78 is 5.54. The highest BCUT2D eigenvalue weighted by molar-refractivity contribution is 7.09. The number of benzene rings is 1. The SMILES string of the molecule is CCOc1ccc2nc(Cl)c(CNCc3cccs3)cc2c1. The van der Waals surface area contributed by atoms with Crippen molar-refractivity contribution in [3.05, 3.63) is 57.4 Å². The number of fused-ring (bicyclic) bond motifs is 1. The van der Waals surface area contributed by atoms with Gasteiger partial charge < -0.3 is 10.1 Å². The molecule has 0 saturated heterocycles. The van der Waals surface area contributed by atoms with Crippen LogP contribution < -0.4 is 10.1 Å². The second-order valence-electron chi connectivity index (χ2n) is 4.91. The number of rotatable bonds is 6. The van der Waals surface area contributed by atoms with Crippen LogP contribution in [0.5, 0.6) is 5.75 Å². The molecule has 0 fully saturated rings. The van der Waals surface area contributed by atoms with Gasteiger partial charge in [0, 0.05) is 28.9 Å². The zero-order valence-corrected chi connectivity index (χ0v) is 13.9. The minimum atomic E-state index is 0.551. The first-order valence-corrected chi connectivity index (χ1v) is 8.47. The first kappa shape index (κ1) is 15.3. The quantitative estimate of drug-likeness (QED) is 0.668. The molecule has 114 valence electrons. The lowest BCUT2D eigenvalue weighted by atomic mass is 10.1. The standard InChI is InChI=1S/C17H17ClN2OS/c1-2-21-14-5-6-16-12(9-14)8-13(17(18)20-16)10-19-11-15-4-3-7-22-15/h3-9,19H,2,10-11H2,1H3. The molecule has 0 unspecified atom stereocenters. The molecule has 3 aromatic rings. The number of ether oxygens (including phenoxy) is 1. The zero-order chi connectivity index (χ0) is 15.4. The number of hydrogen-bond donors (Lipinski definition) is 1. The topological polar surface area (TPSA) is 34.1 Å². The summed E-state index contributed by atoms with van der Waals surface area (Å²) >= 11 is 8.03. The molecule has 0 spiro atoms. The molecule has 0 bridgehead atoms. The van der Waals surface area contributed by atoms with E-state index < -0.39 is 0 Å². The van der Waals surface area contributed by atoms with Crippen LogP contribution in [-0.4, -0.2) is 11.6 Å². The van der Waals surface area contributed by atoms with E-state index in [1.165, 1.54) is 4.88 Å². The van der Waals surface area contributed by atoms with Crippen LogP contribution in [0.4, 0.5) is 0 Å². The molecule has 0 aliphatic carbocycles. The molecule has 0 atom stereocenters. The fourth-order valence-electron chi connectivity index (χ4n) is 2.29. The zero-order valence-electron chi connectivity index (χ0n) is 12.3. The second-order valence-corrected chi connectivity index (χ2v) is 6.30. The predicted molar refractivity (Wildman–Crippen MR) is 92.8 cm³/mol. The van der Waals surface area contributed by atoms with E-state index in [0.29, 0.717) is 18.3 Å². The maximum atomic E-state index is 6.29. The van der Waals surface area contributed by atoms with Crippen LogP contribution in [0.1, 0.15) is 17.4 Å². The highest BCUT2D eigenvalue weighted by Gasteiger charge is 2.06. The van der Waals surface area contributed by atoms with E-state index in [-0.39, 0.29) is 0 Å². The molecule has 3 rings (SSSR count). The van der Waals surface area contributed by atoms with Gasteiger partial charge in [-0.25, -0.2) is 4.98 Å². The van der Waals surface area contributed by atoms with Gasteiger partial charge in [0.25, 0.3) is 0 Å². The molecule has 1 aromatic carbocycles. The number of pyridine rings is 1. The van der Waals surface area contributed by atoms with Crippen molar-refractivity contribution in [2.24, 2.45) is 0 Å². The Kier molecular flexibility index (Phi) is 4.93. The lowest BCUT2D eigenvalue weighted by Crippen LogP contribution is -2.12. The largest absolute Gasteiger partial charge is 0.494 e. The molecular weight excluding hydrogens is 316 g/mol. The molecule has 0 aliphatic heterocycles. The monoisotopic (exact) mass is 332 g/mol. The highest BCUT2D eigenvalue weighted by Crippen LogP contribution is 2.24. The van der Waals surface area contributed by atoms with E-state index in [1.807, 2.05) is 25.1 Å². The smallest absolute Gasteiger partial charge is 0.134 e. The summed E-state index contributed by atoms with van der Waals surface area (Å²) in [6, 6.07) is 12.1. The molecule has 2 aromatic heterocycles. The molecular formula is C17H17ClN2OS. The van der Waals surface area contributed by atoms with Crippen molar-refractivity contribution in [3.63, 3.8) is 0 Å². The van der Waals surface area contributed by atoms with Crippen molar-refractivity contribution in [3.8, 4) is 5.75 Å². The fourth-order valence-corrected chi connectivity index (χ4v) is 3.18. The minimum Gasteiger partial charge on any atom is -0.494 e. The van der Waals surface area contributed by atoms with E-state index in [4.69, 9.17) is 16.3 Å². The van der Waals surface area contributed by atoms with Crippen molar-refractivity contribution >= 4 is 33.8 Å². The minimum absolute atomic E-state index is 0.551. The number of hydrogen-bond acceptors (Lipinski definition) is 4. The van der Waals surface area contributed by atoms with Gasteiger partial charge in [0.15, 0.2) is 0 Å². The van der Waals surface area contributed by atoms with Crippen LogP contribution in [0.3, 0.4) is 0 Å². The highest BCUT2D eigenvalue weighted by atomic mass is 35.5. The third kappa shape index (κ3) is 3.58. The number of aromatic nitrogens is 1. The van der Waals surface area contributed by atoms with Gasteiger partial charge in [0.05, 0.1) is 12.1 Å². The first-order chi connectivity index (χ1) is 10.8. The molecule has 22 heavy (non-hydrogen) atoms. The molecule has 2 heterocycles. The van der Waals surface area contributed by atoms with Gasteiger partial charge in [0.1, 0.15) is 10.9 Å². The first-order valence-electron chi connectivity index (χ1n) is 7.21. The number of thiophene rings is 1. The lowest BCUT2D eigenvalue weighted by molar-refractivity contribution is 0.340. The Bertz CT molecular complexity index is 759. The Hall–Kier alpha value is -1.62. The van der Waals surface area contributed by atoms with Gasteiger partial charge in [-0.15, -0.1) is 11.3 Å². The average molecular weight is 333 g/mol. The third-order valence-electron chi connectivity index (χ3n) is 3.32. The summed E-state index contributed by atoms with van der Waals surface area (Å²) in [7, 11) is 0. The van der Waals surface area contributed by atoms with Crippen LogP contribution in [-0.2, 0) is 13.1 Å². The lowest BCUT2D eigenvalue weighted by Gasteiger charge is -2.09. The number of nitrogens with one attached hydrogen (secondary N) is 1. The summed E-state index contributed by atoms with van der Waals surface area (Å²) in [6.07, 6.45) is 0. The molecule has 1 N–H and O–H groups in total. The van der Waals surface area contributed by atoms with E-state index in [1.54, 1.807) is 11.3 Å². The van der Waals surface area contributed by atoms with Crippen LogP contribution in [0.25, 0.3) is 10.9 Å². The van der Waals surface area contributed by atoms with Gasteiger partial charge in [-0.05, 0) is 42.6 Å². The van der Waals surface area contributed by atoms with Gasteiger partial charge in [0.2, 0.25) is 0 Å². The van der Waals surface area contributed by atoms with E-state index in [9.17, 15) is 0 Å². The van der Waals surface area contributed by atoms with Crippen LogP contribution in [0.15, 0.2) is 41.8 Å². The Labute approximate surface area is 138 Å². The van der Waals surface area contributed by atoms with Crippen molar-refractivity contribution in [2.75, 3.05) is 6.61 Å². The van der Waals surface area contributed by atoms with Gasteiger partial charge >= 0.3 is 0 Å². The third-order valence-corrected chi connectivity index (χ3v) is 4.52. The van der Waals surface area contributed by atoms with Gasteiger partial charge in [-0.3, -0.25) is 0 Å². The normalized spacial score (nSPS) is 11.0. The van der Waals surface area contributed by atoms with Crippen LogP contribution in [0, 0.1) is 0 Å². The molecule has 0 saturated carbocycles. The van der Waals surface area contributed by atoms with E-state index in [0.717, 1.165) is 28.8 Å². The van der Waals surface area contributed by atoms with Gasteiger partial charge in [-0.1, -0.05) is 17.7 Å². The number of halogens is 1. The average Bonchev–Trinajstić information content (AvgIpc) is 3.02. The van der Waals surface area contributed by atoms with Crippen LogP contribution in [0.2, 0.25) is 5.15 Å². The summed E-state index contributed by atoms with van der Waals surface area (Å²) in [6.45, 7) is 4.16. The Balaban J connectivity index is 1.77. The van der Waals surface area contributed by atoms with E-state index >= 15 is 0 Å². The van der Waals surface area contributed by atoms with Crippen LogP contribution >= 0.6 is 22.9 Å². The number of nitrogens with zero attached hydrogens (tertiary/aromatic N) is 1. The Morgan fingerprint density at radius 1 is 1.23 bits per heavy atom. The summed E-state index contributed by atoms with van der Waals surface area (Å²) in [5, 5.41) is 7.08. The summed E-state index contributed by atoms with van der Waals surface area (Å²) in [5.41, 5.74) is 1.88. The summed E-state index contributed by atoms with van der Waals surface area (Å²) in [5.74, 6) is 0.858. The molecule has 0 aliphatic rings. The predicted octanol–water partition coefficient (Wildman–Crippen LogP) is 4.64. The molecule has 3 nitrogen and oxygen atoms in total. The van der Waals surface area contributed by atoms with Crippen molar-refractivity contribution in [1.29, 1.82) is 0 Å².